The lowest BCUT2D eigenvalue weighted by Gasteiger charge is -2.26. The van der Waals surface area contributed by atoms with E-state index in [2.05, 4.69) is 0 Å². The highest BCUT2D eigenvalue weighted by Crippen LogP contribution is 2.47. The summed E-state index contributed by atoms with van der Waals surface area (Å²) in [6.45, 7) is 0.667. The van der Waals surface area contributed by atoms with Gasteiger partial charge in [0.1, 0.15) is 19.0 Å². The minimum Gasteiger partial charge on any atom is -0.490 e. The van der Waals surface area contributed by atoms with Crippen molar-refractivity contribution in [3.8, 4) is 5.75 Å². The number of carbonyl (C=O) groups excluding carboxylic acids is 1. The Morgan fingerprint density at radius 2 is 1.90 bits per heavy atom. The average molecular weight is 275 g/mol. The maximum absolute atomic E-state index is 12.1. The van der Waals surface area contributed by atoms with Crippen LogP contribution in [-0.2, 0) is 9.53 Å². The van der Waals surface area contributed by atoms with Gasteiger partial charge < -0.3 is 15.2 Å². The van der Waals surface area contributed by atoms with E-state index in [4.69, 9.17) is 15.2 Å². The molecule has 20 heavy (non-hydrogen) atoms. The number of ether oxygens (including phenoxy) is 2. The van der Waals surface area contributed by atoms with Crippen molar-refractivity contribution in [2.75, 3.05) is 13.2 Å². The largest absolute Gasteiger partial charge is 0.490 e. The first-order chi connectivity index (χ1) is 9.75. The first kappa shape index (κ1) is 13.4. The molecule has 0 amide bonds. The predicted molar refractivity (Wildman–Crippen MR) is 75.2 cm³/mol. The molecule has 108 valence electrons. The lowest BCUT2D eigenvalue weighted by Crippen LogP contribution is -2.41. The van der Waals surface area contributed by atoms with Gasteiger partial charge in [0, 0.05) is 6.04 Å². The summed E-state index contributed by atoms with van der Waals surface area (Å²) < 4.78 is 10.8. The third-order valence-corrected chi connectivity index (χ3v) is 4.59. The van der Waals surface area contributed by atoms with E-state index in [0.29, 0.717) is 18.4 Å². The van der Waals surface area contributed by atoms with Gasteiger partial charge in [0.15, 0.2) is 0 Å². The first-order valence-electron chi connectivity index (χ1n) is 7.36. The lowest BCUT2D eigenvalue weighted by atomic mass is 9.85. The molecule has 2 aliphatic rings. The van der Waals surface area contributed by atoms with Gasteiger partial charge in [-0.25, -0.2) is 0 Å². The van der Waals surface area contributed by atoms with Crippen LogP contribution in [0, 0.1) is 17.8 Å². The molecule has 0 radical (unpaired) electrons. The van der Waals surface area contributed by atoms with Crippen molar-refractivity contribution in [1.29, 1.82) is 0 Å². The molecule has 2 fully saturated rings. The third kappa shape index (κ3) is 2.66. The van der Waals surface area contributed by atoms with E-state index in [1.54, 1.807) is 0 Å². The molecular weight excluding hydrogens is 254 g/mol. The number of nitrogens with two attached hydrogens (primary N) is 1. The minimum atomic E-state index is -0.138. The molecule has 0 saturated heterocycles. The molecule has 2 bridgehead atoms. The fourth-order valence-electron chi connectivity index (χ4n) is 3.60. The Kier molecular flexibility index (Phi) is 3.92. The molecule has 4 atom stereocenters. The van der Waals surface area contributed by atoms with Crippen molar-refractivity contribution in [3.63, 3.8) is 0 Å². The Bertz CT molecular complexity index is 460. The number of hydrogen-bond acceptors (Lipinski definition) is 4. The zero-order valence-corrected chi connectivity index (χ0v) is 11.5. The van der Waals surface area contributed by atoms with E-state index >= 15 is 0 Å². The monoisotopic (exact) mass is 275 g/mol. The Labute approximate surface area is 119 Å². The summed E-state index contributed by atoms with van der Waals surface area (Å²) >= 11 is 0. The van der Waals surface area contributed by atoms with Crippen molar-refractivity contribution in [1.82, 2.24) is 0 Å². The summed E-state index contributed by atoms with van der Waals surface area (Å²) in [5, 5.41) is 0. The minimum absolute atomic E-state index is 0.00343. The van der Waals surface area contributed by atoms with Crippen molar-refractivity contribution in [2.45, 2.75) is 25.3 Å². The number of benzene rings is 1. The highest BCUT2D eigenvalue weighted by atomic mass is 16.6. The SMILES string of the molecule is NC1C2CCC(C2)C1C(=O)OCCOc1ccccc1. The summed E-state index contributed by atoms with van der Waals surface area (Å²) in [5.41, 5.74) is 6.13. The maximum Gasteiger partial charge on any atom is 0.310 e. The molecule has 4 heteroatoms. The highest BCUT2D eigenvalue weighted by Gasteiger charge is 2.49. The summed E-state index contributed by atoms with van der Waals surface area (Å²) in [5.74, 6) is 1.53. The first-order valence-corrected chi connectivity index (χ1v) is 7.36. The summed E-state index contributed by atoms with van der Waals surface area (Å²) in [6.07, 6.45) is 3.40. The van der Waals surface area contributed by atoms with Crippen LogP contribution in [0.3, 0.4) is 0 Å². The van der Waals surface area contributed by atoms with Gasteiger partial charge in [0.05, 0.1) is 5.92 Å². The Balaban J connectivity index is 1.42. The summed E-state index contributed by atoms with van der Waals surface area (Å²) in [7, 11) is 0. The van der Waals surface area contributed by atoms with Gasteiger partial charge in [-0.1, -0.05) is 18.2 Å². The smallest absolute Gasteiger partial charge is 0.310 e. The van der Waals surface area contributed by atoms with E-state index in [1.807, 2.05) is 30.3 Å². The maximum atomic E-state index is 12.1. The Morgan fingerprint density at radius 3 is 2.60 bits per heavy atom. The van der Waals surface area contributed by atoms with Crippen LogP contribution in [0.5, 0.6) is 5.75 Å². The van der Waals surface area contributed by atoms with E-state index < -0.39 is 0 Å². The van der Waals surface area contributed by atoms with Gasteiger partial charge in [0.25, 0.3) is 0 Å². The van der Waals surface area contributed by atoms with Crippen LogP contribution in [0.2, 0.25) is 0 Å². The molecule has 0 spiro atoms. The highest BCUT2D eigenvalue weighted by molar-refractivity contribution is 5.74. The zero-order chi connectivity index (χ0) is 13.9. The number of rotatable bonds is 5. The molecule has 2 aliphatic carbocycles. The Morgan fingerprint density at radius 1 is 1.15 bits per heavy atom. The number of esters is 1. The van der Waals surface area contributed by atoms with E-state index in [-0.39, 0.29) is 24.5 Å². The normalized spacial score (nSPS) is 31.2. The van der Waals surface area contributed by atoms with Crippen LogP contribution in [0.15, 0.2) is 30.3 Å². The van der Waals surface area contributed by atoms with Gasteiger partial charge in [-0.3, -0.25) is 4.79 Å². The van der Waals surface area contributed by atoms with Crippen molar-refractivity contribution >= 4 is 5.97 Å². The zero-order valence-electron chi connectivity index (χ0n) is 11.5. The molecule has 0 aliphatic heterocycles. The predicted octanol–water partition coefficient (Wildman–Crippen LogP) is 1.98. The fraction of sp³-hybridized carbons (Fsp3) is 0.562. The van der Waals surface area contributed by atoms with Gasteiger partial charge in [-0.05, 0) is 43.2 Å². The number of fused-ring (bicyclic) bond motifs is 2. The lowest BCUT2D eigenvalue weighted by molar-refractivity contribution is -0.151. The molecule has 4 nitrogen and oxygen atoms in total. The van der Waals surface area contributed by atoms with Crippen LogP contribution in [0.4, 0.5) is 0 Å². The van der Waals surface area contributed by atoms with Crippen molar-refractivity contribution in [3.05, 3.63) is 30.3 Å². The molecule has 0 aromatic heterocycles. The van der Waals surface area contributed by atoms with E-state index in [9.17, 15) is 4.79 Å². The quantitative estimate of drug-likeness (QED) is 0.659. The van der Waals surface area contributed by atoms with Crippen LogP contribution >= 0.6 is 0 Å². The molecule has 0 heterocycles. The average Bonchev–Trinajstić information content (AvgIpc) is 3.05. The molecule has 4 unspecified atom stereocenters. The number of hydrogen-bond donors (Lipinski definition) is 1. The van der Waals surface area contributed by atoms with Gasteiger partial charge >= 0.3 is 5.97 Å². The van der Waals surface area contributed by atoms with Crippen molar-refractivity contribution < 1.29 is 14.3 Å². The molecule has 3 rings (SSSR count). The van der Waals surface area contributed by atoms with E-state index in [1.165, 1.54) is 6.42 Å². The number of para-hydroxylation sites is 1. The molecule has 2 N–H and O–H groups in total. The third-order valence-electron chi connectivity index (χ3n) is 4.59. The molecular formula is C16H21NO3. The van der Waals surface area contributed by atoms with Crippen LogP contribution < -0.4 is 10.5 Å². The standard InChI is InChI=1S/C16H21NO3/c17-15-12-7-6-11(10-12)14(15)16(18)20-9-8-19-13-4-2-1-3-5-13/h1-5,11-12,14-15H,6-10,17H2. The van der Waals surface area contributed by atoms with Crippen LogP contribution in [-0.4, -0.2) is 25.2 Å². The van der Waals surface area contributed by atoms with Crippen LogP contribution in [0.25, 0.3) is 0 Å². The number of carbonyl (C=O) groups is 1. The fourth-order valence-corrected chi connectivity index (χ4v) is 3.60. The van der Waals surface area contributed by atoms with Gasteiger partial charge in [-0.2, -0.15) is 0 Å². The van der Waals surface area contributed by atoms with Crippen molar-refractivity contribution in [2.24, 2.45) is 23.5 Å². The second kappa shape index (κ2) is 5.83. The summed E-state index contributed by atoms with van der Waals surface area (Å²) in [6, 6.07) is 9.52. The summed E-state index contributed by atoms with van der Waals surface area (Å²) in [4.78, 5) is 12.1. The van der Waals surface area contributed by atoms with E-state index in [0.717, 1.165) is 18.6 Å². The molecule has 2 saturated carbocycles. The Hall–Kier alpha value is -1.55. The topological polar surface area (TPSA) is 61.6 Å². The molecule has 1 aromatic carbocycles. The second-order valence-electron chi connectivity index (χ2n) is 5.77. The van der Waals surface area contributed by atoms with Gasteiger partial charge in [0.2, 0.25) is 0 Å². The van der Waals surface area contributed by atoms with Crippen LogP contribution in [0.1, 0.15) is 19.3 Å². The van der Waals surface area contributed by atoms with Gasteiger partial charge in [-0.15, -0.1) is 0 Å². The second-order valence-corrected chi connectivity index (χ2v) is 5.77. The molecule has 1 aromatic rings.